The average Bonchev–Trinajstić information content (AvgIpc) is 3.24. The van der Waals surface area contributed by atoms with E-state index in [1.54, 1.807) is 34.9 Å². The van der Waals surface area contributed by atoms with Gasteiger partial charge < -0.3 is 19.3 Å². The number of pyridine rings is 1. The van der Waals surface area contributed by atoms with Crippen molar-refractivity contribution in [1.82, 2.24) is 19.7 Å². The molecule has 1 aromatic carbocycles. The molecule has 0 radical (unpaired) electrons. The minimum Gasteiger partial charge on any atom is -0.503 e. The molecule has 0 bridgehead atoms. The van der Waals surface area contributed by atoms with Gasteiger partial charge in [0.15, 0.2) is 16.5 Å². The van der Waals surface area contributed by atoms with Gasteiger partial charge in [-0.05, 0) is 38.5 Å². The summed E-state index contributed by atoms with van der Waals surface area (Å²) in [6.45, 7) is 6.01. The van der Waals surface area contributed by atoms with Gasteiger partial charge in [0, 0.05) is 32.3 Å². The average molecular weight is 473 g/mol. The van der Waals surface area contributed by atoms with E-state index in [-0.39, 0.29) is 35.3 Å². The van der Waals surface area contributed by atoms with Crippen LogP contribution in [0.2, 0.25) is 0 Å². The van der Waals surface area contributed by atoms with Crippen LogP contribution >= 0.6 is 11.3 Å². The molecule has 10 heteroatoms. The van der Waals surface area contributed by atoms with Gasteiger partial charge in [0.05, 0.1) is 17.7 Å². The quantitative estimate of drug-likeness (QED) is 0.592. The Morgan fingerprint density at radius 3 is 2.55 bits per heavy atom. The summed E-state index contributed by atoms with van der Waals surface area (Å²) in [5, 5.41) is 20.0. The molecule has 174 valence electrons. The Morgan fingerprint density at radius 1 is 1.21 bits per heavy atom. The van der Waals surface area contributed by atoms with Gasteiger partial charge in [0.25, 0.3) is 5.91 Å². The monoisotopic (exact) mass is 472 g/mol. The van der Waals surface area contributed by atoms with E-state index in [1.165, 1.54) is 23.5 Å². The lowest BCUT2D eigenvalue weighted by Gasteiger charge is -2.42. The van der Waals surface area contributed by atoms with Crippen LogP contribution in [0.1, 0.15) is 41.8 Å². The summed E-state index contributed by atoms with van der Waals surface area (Å²) in [6.07, 6.45) is 1.74. The molecule has 0 spiro atoms. The van der Waals surface area contributed by atoms with Gasteiger partial charge in [-0.25, -0.2) is 4.39 Å². The molecule has 4 rings (SSSR count). The number of carbonyl (C=O) groups excluding carboxylic acids is 1. The molecule has 0 aliphatic carbocycles. The standard InChI is InChI=1S/C23H25FN4O4S/c1-12(2)28-17(13(3)32-4)11-27-10-16(20(29)21(30)19(27)23(28)31)22-26-25-18(33-22)9-14-5-7-15(24)8-6-14/h5-8,10,12-13,17,30H,9,11H2,1-4H3/t13-,17+/m0/s1. The number of carbonyl (C=O) groups is 1. The molecular formula is C23H25FN4O4S. The fraction of sp³-hybridized carbons (Fsp3) is 0.391. The number of methoxy groups -OCH3 is 1. The van der Waals surface area contributed by atoms with Crippen LogP contribution in [0.5, 0.6) is 5.75 Å². The number of fused-ring (bicyclic) bond motifs is 1. The van der Waals surface area contributed by atoms with Gasteiger partial charge in [0.1, 0.15) is 10.8 Å². The number of benzene rings is 1. The number of rotatable bonds is 6. The highest BCUT2D eigenvalue weighted by Gasteiger charge is 2.39. The van der Waals surface area contributed by atoms with E-state index in [0.717, 1.165) is 5.56 Å². The van der Waals surface area contributed by atoms with E-state index in [0.29, 0.717) is 23.0 Å². The second kappa shape index (κ2) is 9.03. The first-order valence-corrected chi connectivity index (χ1v) is 11.4. The predicted octanol–water partition coefficient (Wildman–Crippen LogP) is 3.07. The zero-order chi connectivity index (χ0) is 23.9. The Morgan fingerprint density at radius 2 is 1.91 bits per heavy atom. The fourth-order valence-corrected chi connectivity index (χ4v) is 4.97. The maximum Gasteiger partial charge on any atom is 0.275 e. The first-order chi connectivity index (χ1) is 15.7. The zero-order valence-electron chi connectivity index (χ0n) is 18.8. The first kappa shape index (κ1) is 23.1. The van der Waals surface area contributed by atoms with Crippen LogP contribution in [-0.4, -0.2) is 56.0 Å². The maximum atomic E-state index is 13.2. The summed E-state index contributed by atoms with van der Waals surface area (Å²) in [7, 11) is 1.58. The molecule has 33 heavy (non-hydrogen) atoms. The van der Waals surface area contributed by atoms with Gasteiger partial charge in [-0.15, -0.1) is 10.2 Å². The number of ether oxygens (including phenoxy) is 1. The molecule has 8 nitrogen and oxygen atoms in total. The zero-order valence-corrected chi connectivity index (χ0v) is 19.6. The number of nitrogens with zero attached hydrogens (tertiary/aromatic N) is 4. The SMILES string of the molecule is CO[C@@H](C)[C@H]1Cn2cc(-c3nnc(Cc4ccc(F)cc4)s3)c(=O)c(O)c2C(=O)N1C(C)C. The van der Waals surface area contributed by atoms with E-state index in [9.17, 15) is 19.1 Å². The molecule has 0 saturated carbocycles. The third kappa shape index (κ3) is 4.28. The van der Waals surface area contributed by atoms with Crippen LogP contribution in [0.4, 0.5) is 4.39 Å². The van der Waals surface area contributed by atoms with E-state index >= 15 is 0 Å². The number of aromatic nitrogens is 3. The highest BCUT2D eigenvalue weighted by Crippen LogP contribution is 2.31. The predicted molar refractivity (Wildman–Crippen MR) is 122 cm³/mol. The number of hydrogen-bond donors (Lipinski definition) is 1. The Hall–Kier alpha value is -3.11. The lowest BCUT2D eigenvalue weighted by atomic mass is 10.0. The summed E-state index contributed by atoms with van der Waals surface area (Å²) in [6, 6.07) is 5.67. The Bertz CT molecular complexity index is 1240. The van der Waals surface area contributed by atoms with Crippen LogP contribution in [0.25, 0.3) is 10.6 Å². The van der Waals surface area contributed by atoms with Crippen molar-refractivity contribution >= 4 is 17.2 Å². The Labute approximate surface area is 194 Å². The second-order valence-electron chi connectivity index (χ2n) is 8.34. The van der Waals surface area contributed by atoms with Crippen molar-refractivity contribution in [3.8, 4) is 16.3 Å². The largest absolute Gasteiger partial charge is 0.503 e. The summed E-state index contributed by atoms with van der Waals surface area (Å²) >= 11 is 1.22. The van der Waals surface area contributed by atoms with Gasteiger partial charge in [-0.3, -0.25) is 9.59 Å². The van der Waals surface area contributed by atoms with Crippen molar-refractivity contribution in [2.45, 2.75) is 51.9 Å². The highest BCUT2D eigenvalue weighted by atomic mass is 32.1. The van der Waals surface area contributed by atoms with Crippen LogP contribution < -0.4 is 5.43 Å². The number of aromatic hydroxyl groups is 1. The lowest BCUT2D eigenvalue weighted by molar-refractivity contribution is -0.00153. The molecule has 1 amide bonds. The van der Waals surface area contributed by atoms with Gasteiger partial charge in [-0.2, -0.15) is 0 Å². The minimum atomic E-state index is -0.666. The summed E-state index contributed by atoms with van der Waals surface area (Å²) in [4.78, 5) is 27.9. The molecule has 1 aliphatic heterocycles. The number of hydrogen-bond acceptors (Lipinski definition) is 7. The first-order valence-electron chi connectivity index (χ1n) is 10.6. The molecule has 2 aromatic heterocycles. The smallest absolute Gasteiger partial charge is 0.275 e. The van der Waals surface area contributed by atoms with Crippen molar-refractivity contribution in [1.29, 1.82) is 0 Å². The number of amides is 1. The number of halogens is 1. The molecule has 0 unspecified atom stereocenters. The topological polar surface area (TPSA) is 97.5 Å². The Kier molecular flexibility index (Phi) is 6.31. The third-order valence-corrected chi connectivity index (χ3v) is 6.83. The maximum absolute atomic E-state index is 13.2. The van der Waals surface area contributed by atoms with E-state index < -0.39 is 17.1 Å². The van der Waals surface area contributed by atoms with E-state index in [4.69, 9.17) is 4.74 Å². The van der Waals surface area contributed by atoms with Gasteiger partial charge in [0.2, 0.25) is 5.43 Å². The summed E-state index contributed by atoms with van der Waals surface area (Å²) in [5.41, 5.74) is 0.336. The minimum absolute atomic E-state index is 0.0342. The van der Waals surface area contributed by atoms with Crippen LogP contribution in [-0.2, 0) is 17.7 Å². The van der Waals surface area contributed by atoms with Crippen LogP contribution in [0.3, 0.4) is 0 Å². The van der Waals surface area contributed by atoms with Crippen molar-refractivity contribution < 1.29 is 19.0 Å². The van der Waals surface area contributed by atoms with Crippen molar-refractivity contribution in [2.24, 2.45) is 0 Å². The van der Waals surface area contributed by atoms with E-state index in [2.05, 4.69) is 10.2 Å². The second-order valence-corrected chi connectivity index (χ2v) is 9.40. The molecule has 3 heterocycles. The van der Waals surface area contributed by atoms with Crippen molar-refractivity contribution in [3.63, 3.8) is 0 Å². The molecule has 0 fully saturated rings. The lowest BCUT2D eigenvalue weighted by Crippen LogP contribution is -2.56. The van der Waals surface area contributed by atoms with Crippen LogP contribution in [0.15, 0.2) is 35.3 Å². The van der Waals surface area contributed by atoms with Crippen LogP contribution in [0, 0.1) is 5.82 Å². The van der Waals surface area contributed by atoms with Gasteiger partial charge >= 0.3 is 0 Å². The molecule has 1 aliphatic rings. The normalized spacial score (nSPS) is 16.8. The summed E-state index contributed by atoms with van der Waals surface area (Å²) < 4.78 is 20.2. The summed E-state index contributed by atoms with van der Waals surface area (Å²) in [5.74, 6) is -1.33. The molecule has 2 atom stereocenters. The Balaban J connectivity index is 1.72. The fourth-order valence-electron chi connectivity index (χ4n) is 4.09. The molecule has 3 aromatic rings. The van der Waals surface area contributed by atoms with E-state index in [1.807, 2.05) is 20.8 Å². The molecule has 1 N–H and O–H groups in total. The highest BCUT2D eigenvalue weighted by molar-refractivity contribution is 7.14. The van der Waals surface area contributed by atoms with Gasteiger partial charge in [-0.1, -0.05) is 23.5 Å². The molecular weight excluding hydrogens is 447 g/mol. The molecule has 0 saturated heterocycles. The van der Waals surface area contributed by atoms with Crippen molar-refractivity contribution in [2.75, 3.05) is 7.11 Å². The third-order valence-electron chi connectivity index (χ3n) is 5.87. The van der Waals surface area contributed by atoms with Crippen molar-refractivity contribution in [3.05, 3.63) is 62.8 Å².